The summed E-state index contributed by atoms with van der Waals surface area (Å²) in [6.45, 7) is 3.18. The molecule has 0 aromatic heterocycles. The van der Waals surface area contributed by atoms with Crippen molar-refractivity contribution < 1.29 is 5.11 Å². The average Bonchev–Trinajstić information content (AvgIpc) is 2.44. The van der Waals surface area contributed by atoms with Gasteiger partial charge in [0.25, 0.3) is 0 Å². The molecule has 1 saturated heterocycles. The second-order valence-electron chi connectivity index (χ2n) is 4.66. The van der Waals surface area contributed by atoms with Crippen LogP contribution in [-0.4, -0.2) is 41.1 Å². The fourth-order valence-corrected chi connectivity index (χ4v) is 3.18. The van der Waals surface area contributed by atoms with Crippen LogP contribution in [0.4, 0.5) is 0 Å². The molecule has 1 N–H and O–H groups in total. The van der Waals surface area contributed by atoms with Gasteiger partial charge in [0.05, 0.1) is 6.10 Å². The average molecular weight is 248 g/mol. The standard InChI is InChI=1S/C10H18BrNO/c11-7-10(3-1-4-10)8-12-5-2-9(13)6-12/h9,13H,1-8H2. The normalized spacial score (nSPS) is 33.2. The van der Waals surface area contributed by atoms with E-state index in [2.05, 4.69) is 20.8 Å². The molecule has 3 heteroatoms. The van der Waals surface area contributed by atoms with Crippen molar-refractivity contribution >= 4 is 15.9 Å². The molecule has 1 atom stereocenters. The molecule has 0 amide bonds. The summed E-state index contributed by atoms with van der Waals surface area (Å²) in [6.07, 6.45) is 5.03. The smallest absolute Gasteiger partial charge is 0.0679 e. The van der Waals surface area contributed by atoms with E-state index in [1.165, 1.54) is 25.8 Å². The lowest BCUT2D eigenvalue weighted by Crippen LogP contribution is -2.43. The van der Waals surface area contributed by atoms with Gasteiger partial charge >= 0.3 is 0 Å². The quantitative estimate of drug-likeness (QED) is 0.767. The monoisotopic (exact) mass is 247 g/mol. The van der Waals surface area contributed by atoms with Crippen molar-refractivity contribution in [2.75, 3.05) is 25.0 Å². The first-order valence-electron chi connectivity index (χ1n) is 5.20. The highest BCUT2D eigenvalue weighted by Crippen LogP contribution is 2.43. The predicted molar refractivity (Wildman–Crippen MR) is 57.1 cm³/mol. The van der Waals surface area contributed by atoms with E-state index in [1.54, 1.807) is 0 Å². The lowest BCUT2D eigenvalue weighted by Gasteiger charge is -2.43. The first-order chi connectivity index (χ1) is 6.24. The van der Waals surface area contributed by atoms with Crippen LogP contribution in [0.15, 0.2) is 0 Å². The van der Waals surface area contributed by atoms with E-state index in [0.717, 1.165) is 24.8 Å². The topological polar surface area (TPSA) is 23.5 Å². The summed E-state index contributed by atoms with van der Waals surface area (Å²) in [4.78, 5) is 2.42. The number of halogens is 1. The van der Waals surface area contributed by atoms with Crippen molar-refractivity contribution in [2.45, 2.75) is 31.8 Å². The van der Waals surface area contributed by atoms with Gasteiger partial charge in [-0.1, -0.05) is 22.4 Å². The zero-order chi connectivity index (χ0) is 9.31. The Labute approximate surface area is 88.4 Å². The Morgan fingerprint density at radius 2 is 2.23 bits per heavy atom. The molecule has 0 radical (unpaired) electrons. The third kappa shape index (κ3) is 2.08. The molecule has 1 saturated carbocycles. The van der Waals surface area contributed by atoms with Crippen LogP contribution in [0.5, 0.6) is 0 Å². The van der Waals surface area contributed by atoms with Crippen LogP contribution >= 0.6 is 15.9 Å². The SMILES string of the molecule is OC1CCN(CC2(CBr)CCC2)C1. The molecule has 1 heterocycles. The first kappa shape index (κ1) is 9.94. The maximum absolute atomic E-state index is 9.41. The van der Waals surface area contributed by atoms with Gasteiger partial charge < -0.3 is 10.0 Å². The Bertz CT molecular complexity index is 176. The third-order valence-corrected chi connectivity index (χ3v) is 4.69. The van der Waals surface area contributed by atoms with E-state index in [9.17, 15) is 5.11 Å². The van der Waals surface area contributed by atoms with Crippen LogP contribution in [0.1, 0.15) is 25.7 Å². The molecule has 1 unspecified atom stereocenters. The summed E-state index contributed by atoms with van der Waals surface area (Å²) in [5, 5.41) is 10.5. The van der Waals surface area contributed by atoms with Gasteiger partial charge in [-0.05, 0) is 24.7 Å². The molecule has 2 fully saturated rings. The summed E-state index contributed by atoms with van der Waals surface area (Å²) >= 11 is 3.62. The number of likely N-dealkylation sites (tertiary alicyclic amines) is 1. The van der Waals surface area contributed by atoms with Crippen molar-refractivity contribution in [1.82, 2.24) is 4.90 Å². The second-order valence-corrected chi connectivity index (χ2v) is 5.23. The molecule has 2 rings (SSSR count). The van der Waals surface area contributed by atoms with Gasteiger partial charge in [0.1, 0.15) is 0 Å². The molecular weight excluding hydrogens is 230 g/mol. The number of aliphatic hydroxyl groups excluding tert-OH is 1. The second kappa shape index (κ2) is 3.87. The summed E-state index contributed by atoms with van der Waals surface area (Å²) in [5.41, 5.74) is 0.546. The highest BCUT2D eigenvalue weighted by Gasteiger charge is 2.38. The Hall–Kier alpha value is 0.400. The number of hydrogen-bond acceptors (Lipinski definition) is 2. The number of β-amino-alcohol motifs (C(OH)–C–C–N with tert-alkyl or cyclic N) is 1. The molecule has 1 aliphatic heterocycles. The van der Waals surface area contributed by atoms with Gasteiger partial charge in [-0.3, -0.25) is 0 Å². The van der Waals surface area contributed by atoms with Crippen molar-refractivity contribution in [3.05, 3.63) is 0 Å². The van der Waals surface area contributed by atoms with Gasteiger partial charge in [-0.15, -0.1) is 0 Å². The molecule has 13 heavy (non-hydrogen) atoms. The van der Waals surface area contributed by atoms with Gasteiger partial charge in [0, 0.05) is 25.0 Å². The Morgan fingerprint density at radius 3 is 2.62 bits per heavy atom. The first-order valence-corrected chi connectivity index (χ1v) is 6.33. The number of alkyl halides is 1. The maximum atomic E-state index is 9.41. The zero-order valence-electron chi connectivity index (χ0n) is 8.01. The molecule has 1 aliphatic carbocycles. The largest absolute Gasteiger partial charge is 0.392 e. The van der Waals surface area contributed by atoms with Crippen molar-refractivity contribution in [3.63, 3.8) is 0 Å². The van der Waals surface area contributed by atoms with Crippen molar-refractivity contribution in [3.8, 4) is 0 Å². The van der Waals surface area contributed by atoms with Crippen LogP contribution in [-0.2, 0) is 0 Å². The Morgan fingerprint density at radius 1 is 1.46 bits per heavy atom. The van der Waals surface area contributed by atoms with Gasteiger partial charge in [0.15, 0.2) is 0 Å². The number of rotatable bonds is 3. The van der Waals surface area contributed by atoms with Gasteiger partial charge in [-0.2, -0.15) is 0 Å². The molecule has 76 valence electrons. The lowest BCUT2D eigenvalue weighted by atomic mass is 9.70. The zero-order valence-corrected chi connectivity index (χ0v) is 9.59. The molecular formula is C10H18BrNO. The molecule has 0 aromatic rings. The third-order valence-electron chi connectivity index (χ3n) is 3.50. The number of nitrogens with zero attached hydrogens (tertiary/aromatic N) is 1. The summed E-state index contributed by atoms with van der Waals surface area (Å²) in [5.74, 6) is 0. The van der Waals surface area contributed by atoms with E-state index >= 15 is 0 Å². The van der Waals surface area contributed by atoms with Crippen molar-refractivity contribution in [1.29, 1.82) is 0 Å². The van der Waals surface area contributed by atoms with Crippen LogP contribution in [0.3, 0.4) is 0 Å². The van der Waals surface area contributed by atoms with E-state index in [4.69, 9.17) is 0 Å². The molecule has 0 bridgehead atoms. The van der Waals surface area contributed by atoms with E-state index in [-0.39, 0.29) is 6.10 Å². The minimum absolute atomic E-state index is 0.0625. The lowest BCUT2D eigenvalue weighted by molar-refractivity contribution is 0.0937. The van der Waals surface area contributed by atoms with Crippen LogP contribution in [0, 0.1) is 5.41 Å². The highest BCUT2D eigenvalue weighted by atomic mass is 79.9. The maximum Gasteiger partial charge on any atom is 0.0679 e. The molecule has 2 nitrogen and oxygen atoms in total. The molecule has 2 aliphatic rings. The highest BCUT2D eigenvalue weighted by molar-refractivity contribution is 9.09. The Balaban J connectivity index is 1.83. The Kier molecular flexibility index (Phi) is 2.96. The number of hydrogen-bond donors (Lipinski definition) is 1. The van der Waals surface area contributed by atoms with Crippen molar-refractivity contribution in [2.24, 2.45) is 5.41 Å². The van der Waals surface area contributed by atoms with Gasteiger partial charge in [0.2, 0.25) is 0 Å². The van der Waals surface area contributed by atoms with Gasteiger partial charge in [-0.25, -0.2) is 0 Å². The minimum atomic E-state index is -0.0625. The van der Waals surface area contributed by atoms with E-state index in [0.29, 0.717) is 5.41 Å². The molecule has 0 spiro atoms. The van der Waals surface area contributed by atoms with E-state index in [1.807, 2.05) is 0 Å². The number of aliphatic hydroxyl groups is 1. The fourth-order valence-electron chi connectivity index (χ4n) is 2.44. The van der Waals surface area contributed by atoms with Crippen LogP contribution in [0.2, 0.25) is 0 Å². The summed E-state index contributed by atoms with van der Waals surface area (Å²) < 4.78 is 0. The minimum Gasteiger partial charge on any atom is -0.392 e. The fraction of sp³-hybridized carbons (Fsp3) is 1.00. The molecule has 0 aromatic carbocycles. The van der Waals surface area contributed by atoms with Crippen LogP contribution in [0.25, 0.3) is 0 Å². The summed E-state index contributed by atoms with van der Waals surface area (Å²) in [7, 11) is 0. The van der Waals surface area contributed by atoms with E-state index < -0.39 is 0 Å². The van der Waals surface area contributed by atoms with Crippen LogP contribution < -0.4 is 0 Å². The predicted octanol–water partition coefficient (Wildman–Crippen LogP) is 1.62. The summed E-state index contributed by atoms with van der Waals surface area (Å²) in [6, 6.07) is 0.